The Morgan fingerprint density at radius 3 is 2.54 bits per heavy atom. The number of fused-ring (bicyclic) bond motifs is 1. The number of benzene rings is 2. The predicted octanol–water partition coefficient (Wildman–Crippen LogP) is 1.82. The van der Waals surface area contributed by atoms with E-state index in [9.17, 15) is 14.7 Å². The Kier molecular flexibility index (Phi) is 4.07. The van der Waals surface area contributed by atoms with E-state index >= 15 is 0 Å². The van der Waals surface area contributed by atoms with Gasteiger partial charge in [0.1, 0.15) is 23.4 Å². The summed E-state index contributed by atoms with van der Waals surface area (Å²) in [6.07, 6.45) is 1.58. The standard InChI is InChI=1S/C17H13N3O4/c21-13-7-6-11-16(15(13)17(24)19-9-14(22)23)20-12(8-18-11)10-4-2-1-3-5-10/h1-8,21H,9H2,(H,19,24)(H,22,23). The zero-order valence-corrected chi connectivity index (χ0v) is 12.4. The topological polar surface area (TPSA) is 112 Å². The second-order valence-electron chi connectivity index (χ2n) is 5.03. The molecule has 0 bridgehead atoms. The maximum atomic E-state index is 12.2. The highest BCUT2D eigenvalue weighted by Crippen LogP contribution is 2.27. The van der Waals surface area contributed by atoms with Crippen LogP contribution in [0.25, 0.3) is 22.3 Å². The number of phenols is 1. The van der Waals surface area contributed by atoms with E-state index in [2.05, 4.69) is 15.3 Å². The first-order valence-electron chi connectivity index (χ1n) is 7.10. The summed E-state index contributed by atoms with van der Waals surface area (Å²) in [7, 11) is 0. The summed E-state index contributed by atoms with van der Waals surface area (Å²) in [5.41, 5.74) is 1.89. The maximum Gasteiger partial charge on any atom is 0.322 e. The van der Waals surface area contributed by atoms with Crippen molar-refractivity contribution in [3.63, 3.8) is 0 Å². The normalized spacial score (nSPS) is 10.5. The molecule has 1 amide bonds. The van der Waals surface area contributed by atoms with Crippen LogP contribution < -0.4 is 5.32 Å². The molecule has 7 nitrogen and oxygen atoms in total. The lowest BCUT2D eigenvalue weighted by molar-refractivity contribution is -0.135. The average molecular weight is 323 g/mol. The highest BCUT2D eigenvalue weighted by atomic mass is 16.4. The maximum absolute atomic E-state index is 12.2. The Bertz CT molecular complexity index is 926. The smallest absolute Gasteiger partial charge is 0.322 e. The number of carboxylic acids is 1. The highest BCUT2D eigenvalue weighted by Gasteiger charge is 2.18. The van der Waals surface area contributed by atoms with E-state index in [0.29, 0.717) is 11.2 Å². The quantitative estimate of drug-likeness (QED) is 0.675. The summed E-state index contributed by atoms with van der Waals surface area (Å²) in [6.45, 7) is -0.555. The lowest BCUT2D eigenvalue weighted by Crippen LogP contribution is -2.29. The van der Waals surface area contributed by atoms with Crippen LogP contribution in [0.1, 0.15) is 10.4 Å². The van der Waals surface area contributed by atoms with E-state index in [-0.39, 0.29) is 16.8 Å². The van der Waals surface area contributed by atoms with Crippen LogP contribution in [0.3, 0.4) is 0 Å². The van der Waals surface area contributed by atoms with Gasteiger partial charge in [0.25, 0.3) is 5.91 Å². The summed E-state index contributed by atoms with van der Waals surface area (Å²) < 4.78 is 0. The first kappa shape index (κ1) is 15.4. The number of carboxylic acid groups (broad SMARTS) is 1. The highest BCUT2D eigenvalue weighted by molar-refractivity contribution is 6.08. The molecule has 3 rings (SSSR count). The van der Waals surface area contributed by atoms with Gasteiger partial charge < -0.3 is 15.5 Å². The minimum atomic E-state index is -1.18. The molecule has 7 heteroatoms. The fourth-order valence-electron chi connectivity index (χ4n) is 2.28. The molecule has 3 aromatic rings. The van der Waals surface area contributed by atoms with Gasteiger partial charge in [0, 0.05) is 5.56 Å². The van der Waals surface area contributed by atoms with E-state index in [1.54, 1.807) is 12.3 Å². The second-order valence-corrected chi connectivity index (χ2v) is 5.03. The molecular weight excluding hydrogens is 310 g/mol. The summed E-state index contributed by atoms with van der Waals surface area (Å²) in [4.78, 5) is 31.5. The number of carbonyl (C=O) groups is 2. The zero-order valence-electron chi connectivity index (χ0n) is 12.4. The Labute approximate surface area is 136 Å². The van der Waals surface area contributed by atoms with Crippen molar-refractivity contribution in [2.24, 2.45) is 0 Å². The third kappa shape index (κ3) is 3.00. The van der Waals surface area contributed by atoms with Gasteiger partial charge in [-0.1, -0.05) is 30.3 Å². The second kappa shape index (κ2) is 6.33. The number of aromatic nitrogens is 2. The molecule has 0 unspecified atom stereocenters. The molecule has 0 fully saturated rings. The molecule has 0 atom stereocenters. The SMILES string of the molecule is O=C(O)CNC(=O)c1c(O)ccc2ncc(-c3ccccc3)nc12. The molecule has 0 radical (unpaired) electrons. The average Bonchev–Trinajstić information content (AvgIpc) is 2.60. The van der Waals surface area contributed by atoms with Gasteiger partial charge in [0.05, 0.1) is 17.4 Å². The van der Waals surface area contributed by atoms with Crippen molar-refractivity contribution in [2.75, 3.05) is 6.54 Å². The number of aliphatic carboxylic acids is 1. The van der Waals surface area contributed by atoms with Crippen LogP contribution in [-0.4, -0.2) is 38.6 Å². The van der Waals surface area contributed by atoms with Crippen molar-refractivity contribution in [1.82, 2.24) is 15.3 Å². The molecule has 0 saturated heterocycles. The van der Waals surface area contributed by atoms with Crippen molar-refractivity contribution >= 4 is 22.9 Å². The molecule has 1 heterocycles. The Balaban J connectivity index is 2.11. The molecule has 1 aromatic heterocycles. The predicted molar refractivity (Wildman–Crippen MR) is 86.6 cm³/mol. The molecule has 0 aliphatic heterocycles. The third-order valence-electron chi connectivity index (χ3n) is 3.39. The van der Waals surface area contributed by atoms with Crippen LogP contribution in [0.5, 0.6) is 5.75 Å². The van der Waals surface area contributed by atoms with Crippen molar-refractivity contribution in [3.05, 3.63) is 54.2 Å². The van der Waals surface area contributed by atoms with E-state index in [1.165, 1.54) is 6.07 Å². The molecule has 3 N–H and O–H groups in total. The first-order valence-corrected chi connectivity index (χ1v) is 7.10. The number of nitrogens with zero attached hydrogens (tertiary/aromatic N) is 2. The largest absolute Gasteiger partial charge is 0.507 e. The van der Waals surface area contributed by atoms with Gasteiger partial charge in [-0.05, 0) is 12.1 Å². The summed E-state index contributed by atoms with van der Waals surface area (Å²) in [6, 6.07) is 12.1. The van der Waals surface area contributed by atoms with E-state index < -0.39 is 18.4 Å². The zero-order chi connectivity index (χ0) is 17.1. The Morgan fingerprint density at radius 1 is 1.08 bits per heavy atom. The van der Waals surface area contributed by atoms with Gasteiger partial charge in [0.15, 0.2) is 0 Å². The van der Waals surface area contributed by atoms with Crippen molar-refractivity contribution in [2.45, 2.75) is 0 Å². The van der Waals surface area contributed by atoms with Crippen molar-refractivity contribution in [1.29, 1.82) is 0 Å². The van der Waals surface area contributed by atoms with Gasteiger partial charge in [-0.2, -0.15) is 0 Å². The first-order chi connectivity index (χ1) is 11.6. The number of carbonyl (C=O) groups excluding carboxylic acids is 1. The lowest BCUT2D eigenvalue weighted by atomic mass is 10.1. The number of aromatic hydroxyl groups is 1. The van der Waals surface area contributed by atoms with Gasteiger partial charge in [-0.3, -0.25) is 14.6 Å². The fourth-order valence-corrected chi connectivity index (χ4v) is 2.28. The number of hydrogen-bond acceptors (Lipinski definition) is 5. The molecule has 120 valence electrons. The van der Waals surface area contributed by atoms with Crippen LogP contribution in [0.4, 0.5) is 0 Å². The fraction of sp³-hybridized carbons (Fsp3) is 0.0588. The Hall–Kier alpha value is -3.48. The monoisotopic (exact) mass is 323 g/mol. The molecule has 0 saturated carbocycles. The van der Waals surface area contributed by atoms with E-state index in [4.69, 9.17) is 5.11 Å². The van der Waals surface area contributed by atoms with Crippen LogP contribution in [0.15, 0.2) is 48.7 Å². The number of amides is 1. The molecule has 2 aromatic carbocycles. The van der Waals surface area contributed by atoms with E-state index in [0.717, 1.165) is 5.56 Å². The number of phenolic OH excluding ortho intramolecular Hbond substituents is 1. The van der Waals surface area contributed by atoms with Crippen LogP contribution >= 0.6 is 0 Å². The number of rotatable bonds is 4. The summed E-state index contributed by atoms with van der Waals surface area (Å²) >= 11 is 0. The minimum Gasteiger partial charge on any atom is -0.507 e. The number of hydrogen-bond donors (Lipinski definition) is 3. The Morgan fingerprint density at radius 2 is 1.83 bits per heavy atom. The van der Waals surface area contributed by atoms with Gasteiger partial charge >= 0.3 is 5.97 Å². The molecule has 0 aliphatic carbocycles. The third-order valence-corrected chi connectivity index (χ3v) is 3.39. The van der Waals surface area contributed by atoms with Gasteiger partial charge in [-0.25, -0.2) is 4.98 Å². The summed E-state index contributed by atoms with van der Waals surface area (Å²) in [5, 5.41) is 20.9. The molecule has 0 spiro atoms. The molecule has 0 aliphatic rings. The lowest BCUT2D eigenvalue weighted by Gasteiger charge is -2.09. The summed E-state index contributed by atoms with van der Waals surface area (Å²) in [5.74, 6) is -2.19. The van der Waals surface area contributed by atoms with E-state index in [1.807, 2.05) is 30.3 Å². The van der Waals surface area contributed by atoms with Crippen molar-refractivity contribution < 1.29 is 19.8 Å². The van der Waals surface area contributed by atoms with Crippen LogP contribution in [-0.2, 0) is 4.79 Å². The van der Waals surface area contributed by atoms with Gasteiger partial charge in [0.2, 0.25) is 0 Å². The number of nitrogens with one attached hydrogen (secondary N) is 1. The van der Waals surface area contributed by atoms with Crippen LogP contribution in [0, 0.1) is 0 Å². The van der Waals surface area contributed by atoms with Crippen LogP contribution in [0.2, 0.25) is 0 Å². The van der Waals surface area contributed by atoms with Gasteiger partial charge in [-0.15, -0.1) is 0 Å². The minimum absolute atomic E-state index is 0.0981. The molecular formula is C17H13N3O4. The molecule has 24 heavy (non-hydrogen) atoms. The van der Waals surface area contributed by atoms with Crippen molar-refractivity contribution in [3.8, 4) is 17.0 Å².